The number of hydrogen-bond donors (Lipinski definition) is 1. The molecule has 2 atom stereocenters. The maximum absolute atomic E-state index is 11.7. The summed E-state index contributed by atoms with van der Waals surface area (Å²) in [4.78, 5) is 11.7. The summed E-state index contributed by atoms with van der Waals surface area (Å²) in [5.41, 5.74) is 4.09. The molecule has 0 bridgehead atoms. The van der Waals surface area contributed by atoms with Gasteiger partial charge in [-0.25, -0.2) is 0 Å². The van der Waals surface area contributed by atoms with Crippen molar-refractivity contribution in [2.24, 2.45) is 5.41 Å². The average molecular weight is 388 g/mol. The SMILES string of the molecule is CC(=O)O[C@@H]1c2cc(C)ccc2N[C@H](c2cccc(Br)c2)C1(C)C. The van der Waals surface area contributed by atoms with E-state index in [0.717, 1.165) is 26.9 Å². The lowest BCUT2D eigenvalue weighted by molar-refractivity contribution is -0.154. The van der Waals surface area contributed by atoms with Crippen molar-refractivity contribution in [3.63, 3.8) is 0 Å². The maximum atomic E-state index is 11.7. The van der Waals surface area contributed by atoms with Crippen LogP contribution in [0.15, 0.2) is 46.9 Å². The van der Waals surface area contributed by atoms with Crippen molar-refractivity contribution in [1.82, 2.24) is 0 Å². The number of ether oxygens (including phenoxy) is 1. The van der Waals surface area contributed by atoms with Crippen LogP contribution in [0.5, 0.6) is 0 Å². The van der Waals surface area contributed by atoms with Gasteiger partial charge in [-0.2, -0.15) is 0 Å². The molecular weight excluding hydrogens is 366 g/mol. The number of anilines is 1. The van der Waals surface area contributed by atoms with Crippen LogP contribution in [0.2, 0.25) is 0 Å². The van der Waals surface area contributed by atoms with E-state index in [-0.39, 0.29) is 23.5 Å². The van der Waals surface area contributed by atoms with E-state index < -0.39 is 0 Å². The van der Waals surface area contributed by atoms with Gasteiger partial charge in [-0.05, 0) is 30.7 Å². The van der Waals surface area contributed by atoms with Crippen LogP contribution in [0.3, 0.4) is 0 Å². The van der Waals surface area contributed by atoms with Crippen LogP contribution < -0.4 is 5.32 Å². The highest BCUT2D eigenvalue weighted by Gasteiger charge is 2.46. The molecule has 0 spiro atoms. The molecule has 1 N–H and O–H groups in total. The summed E-state index contributed by atoms with van der Waals surface area (Å²) in [6.45, 7) is 7.81. The molecule has 126 valence electrons. The molecular formula is C20H22BrNO2. The number of benzene rings is 2. The van der Waals surface area contributed by atoms with E-state index in [1.807, 2.05) is 12.1 Å². The summed E-state index contributed by atoms with van der Waals surface area (Å²) in [6, 6.07) is 14.6. The fourth-order valence-corrected chi connectivity index (χ4v) is 3.92. The second-order valence-corrected chi connectivity index (χ2v) is 7.95. The second kappa shape index (κ2) is 6.25. The topological polar surface area (TPSA) is 38.3 Å². The van der Waals surface area contributed by atoms with E-state index in [4.69, 9.17) is 4.74 Å². The Morgan fingerprint density at radius 1 is 1.21 bits per heavy atom. The Labute approximate surface area is 151 Å². The highest BCUT2D eigenvalue weighted by atomic mass is 79.9. The Bertz CT molecular complexity index is 785. The van der Waals surface area contributed by atoms with Gasteiger partial charge in [0.1, 0.15) is 6.10 Å². The Hall–Kier alpha value is -1.81. The lowest BCUT2D eigenvalue weighted by atomic mass is 9.70. The number of hydrogen-bond acceptors (Lipinski definition) is 3. The van der Waals surface area contributed by atoms with Gasteiger partial charge in [-0.15, -0.1) is 0 Å². The van der Waals surface area contributed by atoms with Crippen LogP contribution in [0.25, 0.3) is 0 Å². The van der Waals surface area contributed by atoms with Gasteiger partial charge in [-0.1, -0.05) is 59.6 Å². The Balaban J connectivity index is 2.13. The molecule has 0 saturated carbocycles. The minimum Gasteiger partial charge on any atom is -0.457 e. The molecule has 0 fully saturated rings. The second-order valence-electron chi connectivity index (χ2n) is 7.03. The van der Waals surface area contributed by atoms with Crippen molar-refractivity contribution in [3.05, 3.63) is 63.6 Å². The average Bonchev–Trinajstić information content (AvgIpc) is 2.50. The monoisotopic (exact) mass is 387 g/mol. The van der Waals surface area contributed by atoms with Gasteiger partial charge in [0.05, 0.1) is 6.04 Å². The third kappa shape index (κ3) is 3.07. The predicted octanol–water partition coefficient (Wildman–Crippen LogP) is 5.55. The first-order chi connectivity index (χ1) is 11.3. The lowest BCUT2D eigenvalue weighted by Gasteiger charge is -2.46. The molecule has 1 aliphatic heterocycles. The molecule has 3 rings (SSSR count). The number of esters is 1. The molecule has 0 amide bonds. The van der Waals surface area contributed by atoms with Gasteiger partial charge in [0.25, 0.3) is 0 Å². The zero-order valence-corrected chi connectivity index (χ0v) is 16.0. The number of halogens is 1. The summed E-state index contributed by atoms with van der Waals surface area (Å²) in [6.07, 6.45) is -0.296. The Morgan fingerprint density at radius 3 is 2.62 bits per heavy atom. The first kappa shape index (κ1) is 17.0. The number of aryl methyl sites for hydroxylation is 1. The highest BCUT2D eigenvalue weighted by Crippen LogP contribution is 2.53. The summed E-state index contributed by atoms with van der Waals surface area (Å²) < 4.78 is 6.82. The number of rotatable bonds is 2. The molecule has 1 aliphatic rings. The first-order valence-electron chi connectivity index (χ1n) is 8.09. The van der Waals surface area contributed by atoms with Crippen LogP contribution in [0.4, 0.5) is 5.69 Å². The van der Waals surface area contributed by atoms with Crippen LogP contribution >= 0.6 is 15.9 Å². The molecule has 4 heteroatoms. The maximum Gasteiger partial charge on any atom is 0.303 e. The third-order valence-electron chi connectivity index (χ3n) is 4.67. The minimum absolute atomic E-state index is 0.0366. The summed E-state index contributed by atoms with van der Waals surface area (Å²) in [5, 5.41) is 3.65. The van der Waals surface area contributed by atoms with E-state index in [9.17, 15) is 4.79 Å². The molecule has 0 radical (unpaired) electrons. The molecule has 2 aromatic carbocycles. The highest BCUT2D eigenvalue weighted by molar-refractivity contribution is 9.10. The summed E-state index contributed by atoms with van der Waals surface area (Å²) in [5.74, 6) is -0.254. The van der Waals surface area contributed by atoms with E-state index >= 15 is 0 Å². The third-order valence-corrected chi connectivity index (χ3v) is 5.17. The van der Waals surface area contributed by atoms with E-state index in [0.29, 0.717) is 0 Å². The van der Waals surface area contributed by atoms with Crippen LogP contribution in [0.1, 0.15) is 49.6 Å². The van der Waals surface area contributed by atoms with Crippen molar-refractivity contribution in [1.29, 1.82) is 0 Å². The van der Waals surface area contributed by atoms with Gasteiger partial charge in [0.2, 0.25) is 0 Å². The largest absolute Gasteiger partial charge is 0.457 e. The summed E-state index contributed by atoms with van der Waals surface area (Å²) in [7, 11) is 0. The smallest absolute Gasteiger partial charge is 0.303 e. The van der Waals surface area contributed by atoms with Crippen LogP contribution in [-0.2, 0) is 9.53 Å². The molecule has 0 saturated heterocycles. The van der Waals surface area contributed by atoms with Crippen molar-refractivity contribution < 1.29 is 9.53 Å². The molecule has 2 aromatic rings. The minimum atomic E-state index is -0.298. The molecule has 0 aromatic heterocycles. The van der Waals surface area contributed by atoms with Crippen molar-refractivity contribution >= 4 is 27.6 Å². The molecule has 0 aliphatic carbocycles. The zero-order chi connectivity index (χ0) is 17.5. The molecule has 3 nitrogen and oxygen atoms in total. The van der Waals surface area contributed by atoms with Crippen LogP contribution in [-0.4, -0.2) is 5.97 Å². The first-order valence-corrected chi connectivity index (χ1v) is 8.88. The number of carbonyl (C=O) groups is 1. The zero-order valence-electron chi connectivity index (χ0n) is 14.4. The Kier molecular flexibility index (Phi) is 4.43. The van der Waals surface area contributed by atoms with Crippen LogP contribution in [0, 0.1) is 12.3 Å². The normalized spacial score (nSPS) is 21.5. The van der Waals surface area contributed by atoms with Crippen molar-refractivity contribution in [2.45, 2.75) is 39.8 Å². The van der Waals surface area contributed by atoms with Gasteiger partial charge in [0, 0.05) is 28.1 Å². The predicted molar refractivity (Wildman–Crippen MR) is 100.0 cm³/mol. The van der Waals surface area contributed by atoms with Crippen molar-refractivity contribution in [3.8, 4) is 0 Å². The number of fused-ring (bicyclic) bond motifs is 1. The van der Waals surface area contributed by atoms with Gasteiger partial charge < -0.3 is 10.1 Å². The fourth-order valence-electron chi connectivity index (χ4n) is 3.50. The molecule has 24 heavy (non-hydrogen) atoms. The van der Waals surface area contributed by atoms with E-state index in [1.165, 1.54) is 6.92 Å². The molecule has 0 unspecified atom stereocenters. The fraction of sp³-hybridized carbons (Fsp3) is 0.350. The van der Waals surface area contributed by atoms with Gasteiger partial charge >= 0.3 is 5.97 Å². The number of carbonyl (C=O) groups excluding carboxylic acids is 1. The standard InChI is InChI=1S/C20H22BrNO2/c1-12-8-9-17-16(10-12)19(24-13(2)23)20(3,4)18(22-17)14-6-5-7-15(21)11-14/h5-11,18-19,22H,1-4H3/t18-,19-/m1/s1. The molecule has 1 heterocycles. The van der Waals surface area contributed by atoms with Gasteiger partial charge in [-0.3, -0.25) is 4.79 Å². The lowest BCUT2D eigenvalue weighted by Crippen LogP contribution is -2.40. The number of nitrogens with one attached hydrogen (secondary N) is 1. The van der Waals surface area contributed by atoms with Gasteiger partial charge in [0.15, 0.2) is 0 Å². The van der Waals surface area contributed by atoms with E-state index in [2.05, 4.69) is 72.3 Å². The van der Waals surface area contributed by atoms with E-state index in [1.54, 1.807) is 0 Å². The Morgan fingerprint density at radius 2 is 1.96 bits per heavy atom. The van der Waals surface area contributed by atoms with Crippen molar-refractivity contribution in [2.75, 3.05) is 5.32 Å². The summed E-state index contributed by atoms with van der Waals surface area (Å²) >= 11 is 3.55. The quantitative estimate of drug-likeness (QED) is 0.685.